The van der Waals surface area contributed by atoms with Gasteiger partial charge in [0.05, 0.1) is 24.9 Å². The van der Waals surface area contributed by atoms with Crippen LogP contribution in [0.25, 0.3) is 0 Å². The highest BCUT2D eigenvalue weighted by atomic mass is 35.5. The lowest BCUT2D eigenvalue weighted by molar-refractivity contribution is -0.253. The van der Waals surface area contributed by atoms with Gasteiger partial charge in [0.25, 0.3) is 0 Å². The summed E-state index contributed by atoms with van der Waals surface area (Å²) in [5.74, 6) is -2.42. The summed E-state index contributed by atoms with van der Waals surface area (Å²) < 4.78 is 60.6. The van der Waals surface area contributed by atoms with E-state index in [1.165, 1.54) is 55.4 Å². The molecule has 0 radical (unpaired) electrons. The number of aldehydes is 1. The van der Waals surface area contributed by atoms with Crippen molar-refractivity contribution in [2.75, 3.05) is 46.1 Å². The fraction of sp³-hybridized carbons (Fsp3) is 0.667. The zero-order valence-electron chi connectivity index (χ0n) is 74.3. The Kier molecular flexibility index (Phi) is 65.2. The Balaban J connectivity index is 0.00000150. The Morgan fingerprint density at radius 1 is 0.452 bits per heavy atom. The molecule has 4 aliphatic rings. The third kappa shape index (κ3) is 51.9. The van der Waals surface area contributed by atoms with E-state index in [4.69, 9.17) is 92.3 Å². The Labute approximate surface area is 745 Å². The fourth-order valence-electron chi connectivity index (χ4n) is 13.1. The first-order chi connectivity index (χ1) is 58.9. The first kappa shape index (κ1) is 116. The predicted molar refractivity (Wildman–Crippen MR) is 465 cm³/mol. The second-order valence-electron chi connectivity index (χ2n) is 29.6. The minimum atomic E-state index is -1.45. The minimum Gasteiger partial charge on any atom is -0.460 e. The zero-order valence-corrected chi connectivity index (χ0v) is 76.5. The maximum atomic E-state index is 11.8. The van der Waals surface area contributed by atoms with Gasteiger partial charge in [0, 0.05) is 117 Å². The van der Waals surface area contributed by atoms with Crippen LogP contribution in [0.1, 0.15) is 215 Å². The second kappa shape index (κ2) is 69.5. The van der Waals surface area contributed by atoms with Crippen LogP contribution in [0.3, 0.4) is 0 Å². The van der Waals surface area contributed by atoms with Gasteiger partial charge in [-0.3, -0.25) is 43.2 Å². The molecule has 7 rings (SSSR count). The number of hydrogen-bond acceptors (Lipinski definition) is 29. The molecule has 706 valence electrons. The van der Waals surface area contributed by atoms with Crippen molar-refractivity contribution in [1.82, 2.24) is 26.6 Å². The molecule has 124 heavy (non-hydrogen) atoms. The van der Waals surface area contributed by atoms with E-state index in [1.807, 2.05) is 120 Å². The standard InChI is InChI=1S/C26H40N2O7.C18H34N2O5.C12H20ClNO4.C8H7ClO2.C8H15NO6.C7H6O.C6H15NO.C2H3ClO/c1-5-22-18(2)24(34-20(4)30)23(28-19(3)29)25(35-22)32-16-12-7-6-11-15-27-26(31)33-17-21-13-9-8-10-14-21;1-5-15-12(2)17(24-14(4)22)16(20-13(3)21)18(25-15)23-11-9-7-6-8-10-19;1-5-9-6(2)11(17-8(4)16)10(12(13)18-9)14-7(3)15;9-8(10)11-6-7-4-2-1-3-5-7;1-3(11)9-5-7(13)6(12)4(2-10)15-8(5)14;8-6-7-4-2-1-3-5-7;7-5-3-1-2-4-6-8;1-2(3)4/h8-10,13-14,18,22-25H,5-7,11-12,15-17H2,1-4H3,(H,27,31)(H,28,29);12,15-18H,5-11,19H2,1-4H3,(H,20,21);6,9-12H,5H2,1-4H3,(H,14,15);1-5H,6H2;4-8,10,12-14H,2H2,1H3,(H,9,11);1-6H;8H,1-7H2;1H3. The molecule has 0 aliphatic carbocycles. The van der Waals surface area contributed by atoms with Crippen molar-refractivity contribution in [2.45, 2.75) is 310 Å². The van der Waals surface area contributed by atoms with Gasteiger partial charge < -0.3 is 116 Å². The number of carbonyl (C=O) groups is 11. The summed E-state index contributed by atoms with van der Waals surface area (Å²) in [6, 6.07) is 25.3. The number of nitrogens with two attached hydrogens (primary N) is 2. The molecule has 5 amide bonds. The number of nitrogens with one attached hydrogen (secondary N) is 5. The van der Waals surface area contributed by atoms with Crippen LogP contribution in [-0.4, -0.2) is 240 Å². The first-order valence-electron chi connectivity index (χ1n) is 42.1. The molecule has 0 bridgehead atoms. The number of rotatable bonds is 36. The molecule has 0 spiro atoms. The maximum Gasteiger partial charge on any atom is 0.407 e. The number of halogens is 3. The summed E-state index contributed by atoms with van der Waals surface area (Å²) in [7, 11) is 0. The highest BCUT2D eigenvalue weighted by Gasteiger charge is 2.49. The van der Waals surface area contributed by atoms with E-state index in [1.54, 1.807) is 12.1 Å². The Morgan fingerprint density at radius 3 is 1.16 bits per heavy atom. The molecule has 4 fully saturated rings. The molecule has 0 saturated carbocycles. The van der Waals surface area contributed by atoms with Crippen LogP contribution in [0.5, 0.6) is 0 Å². The van der Waals surface area contributed by atoms with Gasteiger partial charge in [0.2, 0.25) is 28.9 Å². The highest BCUT2D eigenvalue weighted by molar-refractivity contribution is 6.62. The van der Waals surface area contributed by atoms with Crippen LogP contribution < -0.4 is 38.1 Å². The van der Waals surface area contributed by atoms with Crippen molar-refractivity contribution in [3.63, 3.8) is 0 Å². The summed E-state index contributed by atoms with van der Waals surface area (Å²) in [5.41, 5.74) is 11.9. The zero-order chi connectivity index (χ0) is 93.7. The van der Waals surface area contributed by atoms with Gasteiger partial charge in [0.15, 0.2) is 24.4 Å². The number of aliphatic hydroxyl groups is 5. The Bertz CT molecular complexity index is 3420. The lowest BCUT2D eigenvalue weighted by Crippen LogP contribution is -2.63. The van der Waals surface area contributed by atoms with Crippen LogP contribution in [0, 0.1) is 17.8 Å². The molecule has 14 N–H and O–H groups in total. The largest absolute Gasteiger partial charge is 0.460 e. The molecule has 0 aromatic heterocycles. The molecular formula is C87H140Cl3N7O27. The minimum absolute atomic E-state index is 0.0225. The molecule has 37 heteroatoms. The van der Waals surface area contributed by atoms with Crippen molar-refractivity contribution in [2.24, 2.45) is 29.2 Å². The van der Waals surface area contributed by atoms with E-state index >= 15 is 0 Å². The molecule has 3 aromatic carbocycles. The van der Waals surface area contributed by atoms with E-state index < -0.39 is 115 Å². The molecule has 4 heterocycles. The van der Waals surface area contributed by atoms with E-state index in [-0.39, 0.29) is 84.2 Å². The lowest BCUT2D eigenvalue weighted by Gasteiger charge is -2.44. The second-order valence-corrected chi connectivity index (χ2v) is 30.8. The van der Waals surface area contributed by atoms with Crippen molar-refractivity contribution >= 4 is 99.4 Å². The third-order valence-electron chi connectivity index (χ3n) is 19.1. The lowest BCUT2D eigenvalue weighted by atomic mass is 9.87. The van der Waals surface area contributed by atoms with Gasteiger partial charge in [0.1, 0.15) is 80.3 Å². The van der Waals surface area contributed by atoms with E-state index in [2.05, 4.69) is 42.9 Å². The smallest absolute Gasteiger partial charge is 0.407 e. The van der Waals surface area contributed by atoms with Crippen LogP contribution in [0.15, 0.2) is 91.0 Å². The molecule has 4 saturated heterocycles. The topological polar surface area (TPSA) is 503 Å². The quantitative estimate of drug-likeness (QED) is 0.00644. The number of benzene rings is 3. The van der Waals surface area contributed by atoms with Crippen LogP contribution in [-0.2, 0) is 104 Å². The van der Waals surface area contributed by atoms with Gasteiger partial charge in [-0.05, 0) is 93.6 Å². The summed E-state index contributed by atoms with van der Waals surface area (Å²) in [6.45, 7) is 26.0. The number of alkyl carbamates (subject to hydrolysis) is 1. The number of carbonyl (C=O) groups excluding carboxylic acids is 11. The molecular weight excluding hydrogens is 1680 g/mol. The number of esters is 3. The average Bonchev–Trinajstić information content (AvgIpc) is 0.804. The van der Waals surface area contributed by atoms with E-state index in [0.717, 1.165) is 126 Å². The molecule has 3 aromatic rings. The van der Waals surface area contributed by atoms with Crippen LogP contribution >= 0.6 is 34.8 Å². The number of ether oxygens (including phenoxy) is 11. The van der Waals surface area contributed by atoms with Crippen molar-refractivity contribution in [3.05, 3.63) is 108 Å². The Morgan fingerprint density at radius 2 is 0.806 bits per heavy atom. The van der Waals surface area contributed by atoms with Gasteiger partial charge in [-0.25, -0.2) is 9.59 Å². The van der Waals surface area contributed by atoms with Crippen molar-refractivity contribution < 1.29 is 130 Å². The van der Waals surface area contributed by atoms with Crippen LogP contribution in [0.2, 0.25) is 0 Å². The molecule has 34 nitrogen and oxygen atoms in total. The third-order valence-corrected chi connectivity index (χ3v) is 19.6. The summed E-state index contributed by atoms with van der Waals surface area (Å²) in [6.07, 6.45) is 6.21. The highest BCUT2D eigenvalue weighted by Crippen LogP contribution is 2.34. The molecule has 20 atom stereocenters. The average molecular weight is 1820 g/mol. The molecule has 4 aliphatic heterocycles. The number of unbranched alkanes of at least 4 members (excludes halogenated alkanes) is 9. The number of amides is 5. The number of aliphatic hydroxyl groups excluding tert-OH is 5. The van der Waals surface area contributed by atoms with Gasteiger partial charge in [-0.1, -0.05) is 183 Å². The van der Waals surface area contributed by atoms with Crippen molar-refractivity contribution in [1.29, 1.82) is 0 Å². The number of alkyl halides is 1. The van der Waals surface area contributed by atoms with Gasteiger partial charge in [-0.15, -0.1) is 0 Å². The monoisotopic (exact) mass is 1820 g/mol. The summed E-state index contributed by atoms with van der Waals surface area (Å²) in [4.78, 5) is 121. The summed E-state index contributed by atoms with van der Waals surface area (Å²) in [5, 5.41) is 58.5. The first-order valence-corrected chi connectivity index (χ1v) is 43.3. The van der Waals surface area contributed by atoms with E-state index in [0.29, 0.717) is 32.9 Å². The predicted octanol–water partition coefficient (Wildman–Crippen LogP) is 9.11. The Hall–Kier alpha value is -7.62. The SMILES string of the molecule is CC(=O)Cl.CC(=O)NC1C(O)OC(CO)C(O)C1O.CCC1OC(Cl)C(NC(C)=O)C(OC(C)=O)C1C.CCC1OC(OCCCCCCN)C(NC(C)=O)C(OC(C)=O)C1C.CCC1OC(OCCCCCCNC(=O)OCc2ccccc2)C(NC(C)=O)C(OC(C)=O)C1C.NCCCCCCO.O=C(Cl)OCc1ccccc1.O=Cc1ccccc1. The number of hydrogen-bond donors (Lipinski definition) is 12. The molecule has 20 unspecified atom stereocenters. The van der Waals surface area contributed by atoms with Crippen LogP contribution in [0.4, 0.5) is 9.59 Å². The van der Waals surface area contributed by atoms with Gasteiger partial charge >= 0.3 is 29.4 Å². The van der Waals surface area contributed by atoms with Crippen molar-refractivity contribution in [3.8, 4) is 0 Å². The summed E-state index contributed by atoms with van der Waals surface area (Å²) >= 11 is 15.7. The maximum absolute atomic E-state index is 11.8. The van der Waals surface area contributed by atoms with Gasteiger partial charge in [-0.2, -0.15) is 0 Å². The van der Waals surface area contributed by atoms with E-state index in [9.17, 15) is 68.1 Å². The fourth-order valence-corrected chi connectivity index (χ4v) is 13.5. The normalized spacial score (nSPS) is 25.0.